The van der Waals surface area contributed by atoms with E-state index in [4.69, 9.17) is 0 Å². The standard InChI is InChI=1S/C14H26N2/c1-3-12(4-1)13-5-2-10-16(11-13)14-6-8-15-9-7-14/h12-15H,1-11H2/t13-/m0/s1. The molecule has 0 unspecified atom stereocenters. The molecule has 16 heavy (non-hydrogen) atoms. The third-order valence-corrected chi connectivity index (χ3v) is 5.13. The van der Waals surface area contributed by atoms with Crippen molar-refractivity contribution in [3.8, 4) is 0 Å². The Kier molecular flexibility index (Phi) is 3.49. The highest BCUT2D eigenvalue weighted by Crippen LogP contribution is 2.38. The van der Waals surface area contributed by atoms with Crippen molar-refractivity contribution < 1.29 is 0 Å². The molecule has 2 heteroatoms. The minimum atomic E-state index is 0.907. The molecule has 0 amide bonds. The average molecular weight is 222 g/mol. The molecule has 2 aliphatic heterocycles. The number of likely N-dealkylation sites (tertiary alicyclic amines) is 1. The Morgan fingerprint density at radius 3 is 2.25 bits per heavy atom. The number of piperidine rings is 2. The van der Waals surface area contributed by atoms with Crippen molar-refractivity contribution in [1.29, 1.82) is 0 Å². The van der Waals surface area contributed by atoms with Gasteiger partial charge in [0.1, 0.15) is 0 Å². The van der Waals surface area contributed by atoms with Crippen molar-refractivity contribution in [2.24, 2.45) is 11.8 Å². The summed E-state index contributed by atoms with van der Waals surface area (Å²) in [6, 6.07) is 0.907. The maximum absolute atomic E-state index is 3.48. The second-order valence-electron chi connectivity index (χ2n) is 6.07. The first kappa shape index (κ1) is 11.0. The van der Waals surface area contributed by atoms with Gasteiger partial charge < -0.3 is 10.2 Å². The summed E-state index contributed by atoms with van der Waals surface area (Å²) in [6.07, 6.45) is 10.3. The molecule has 0 bridgehead atoms. The molecule has 3 rings (SSSR count). The summed E-state index contributed by atoms with van der Waals surface area (Å²) in [7, 11) is 0. The summed E-state index contributed by atoms with van der Waals surface area (Å²) in [5.74, 6) is 2.15. The van der Waals surface area contributed by atoms with Crippen molar-refractivity contribution >= 4 is 0 Å². The van der Waals surface area contributed by atoms with Gasteiger partial charge >= 0.3 is 0 Å². The van der Waals surface area contributed by atoms with Gasteiger partial charge in [0.15, 0.2) is 0 Å². The van der Waals surface area contributed by atoms with Crippen LogP contribution in [-0.4, -0.2) is 37.1 Å². The molecule has 0 aromatic heterocycles. The van der Waals surface area contributed by atoms with Gasteiger partial charge in [0.05, 0.1) is 0 Å². The summed E-state index contributed by atoms with van der Waals surface area (Å²) in [6.45, 7) is 5.30. The van der Waals surface area contributed by atoms with Crippen molar-refractivity contribution in [3.05, 3.63) is 0 Å². The fourth-order valence-electron chi connectivity index (χ4n) is 3.84. The van der Waals surface area contributed by atoms with Crippen molar-refractivity contribution in [1.82, 2.24) is 10.2 Å². The zero-order valence-electron chi connectivity index (χ0n) is 10.5. The number of nitrogens with zero attached hydrogens (tertiary/aromatic N) is 1. The third-order valence-electron chi connectivity index (χ3n) is 5.13. The van der Waals surface area contributed by atoms with E-state index in [-0.39, 0.29) is 0 Å². The first-order chi connectivity index (χ1) is 7.93. The molecule has 2 nitrogen and oxygen atoms in total. The molecule has 0 spiro atoms. The van der Waals surface area contributed by atoms with Gasteiger partial charge in [-0.25, -0.2) is 0 Å². The van der Waals surface area contributed by atoms with Crippen molar-refractivity contribution in [3.63, 3.8) is 0 Å². The van der Waals surface area contributed by atoms with Crippen LogP contribution in [0.5, 0.6) is 0 Å². The molecule has 1 aliphatic carbocycles. The first-order valence-electron chi connectivity index (χ1n) is 7.38. The van der Waals surface area contributed by atoms with E-state index in [1.54, 1.807) is 0 Å². The number of hydrogen-bond acceptors (Lipinski definition) is 2. The topological polar surface area (TPSA) is 15.3 Å². The summed E-state index contributed by atoms with van der Waals surface area (Å²) in [5.41, 5.74) is 0. The van der Waals surface area contributed by atoms with E-state index < -0.39 is 0 Å². The lowest BCUT2D eigenvalue weighted by Gasteiger charge is -2.44. The fourth-order valence-corrected chi connectivity index (χ4v) is 3.84. The maximum atomic E-state index is 3.48. The van der Waals surface area contributed by atoms with E-state index in [0.29, 0.717) is 0 Å². The monoisotopic (exact) mass is 222 g/mol. The largest absolute Gasteiger partial charge is 0.317 e. The van der Waals surface area contributed by atoms with Crippen LogP contribution in [0.25, 0.3) is 0 Å². The van der Waals surface area contributed by atoms with Crippen LogP contribution >= 0.6 is 0 Å². The van der Waals surface area contributed by atoms with Gasteiger partial charge in [-0.15, -0.1) is 0 Å². The van der Waals surface area contributed by atoms with Gasteiger partial charge in [-0.1, -0.05) is 19.3 Å². The zero-order valence-corrected chi connectivity index (χ0v) is 10.5. The van der Waals surface area contributed by atoms with E-state index in [1.165, 1.54) is 71.1 Å². The molecule has 2 saturated heterocycles. The van der Waals surface area contributed by atoms with E-state index in [2.05, 4.69) is 10.2 Å². The number of rotatable bonds is 2. The SMILES string of the molecule is C1CC([C@H]2CCCN(C3CCNCC3)C2)C1. The van der Waals surface area contributed by atoms with Crippen LogP contribution in [-0.2, 0) is 0 Å². The lowest BCUT2D eigenvalue weighted by molar-refractivity contribution is 0.0569. The normalized spacial score (nSPS) is 34.9. The van der Waals surface area contributed by atoms with Crippen LogP contribution in [0.4, 0.5) is 0 Å². The fraction of sp³-hybridized carbons (Fsp3) is 1.00. The molecule has 3 aliphatic rings. The van der Waals surface area contributed by atoms with E-state index in [0.717, 1.165) is 17.9 Å². The molecule has 3 fully saturated rings. The molecule has 1 N–H and O–H groups in total. The Morgan fingerprint density at radius 1 is 0.812 bits per heavy atom. The van der Waals surface area contributed by atoms with Gasteiger partial charge in [-0.3, -0.25) is 0 Å². The predicted octanol–water partition coefficient (Wildman–Crippen LogP) is 2.25. The van der Waals surface area contributed by atoms with Crippen molar-refractivity contribution in [2.45, 2.75) is 51.0 Å². The molecule has 1 atom stereocenters. The third kappa shape index (κ3) is 2.28. The Labute approximate surface area is 99.8 Å². The number of hydrogen-bond donors (Lipinski definition) is 1. The highest BCUT2D eigenvalue weighted by atomic mass is 15.2. The van der Waals surface area contributed by atoms with Gasteiger partial charge in [-0.05, 0) is 57.2 Å². The highest BCUT2D eigenvalue weighted by Gasteiger charge is 2.33. The summed E-state index contributed by atoms with van der Waals surface area (Å²) >= 11 is 0. The van der Waals surface area contributed by atoms with Gasteiger partial charge in [0.2, 0.25) is 0 Å². The highest BCUT2D eigenvalue weighted by molar-refractivity contribution is 4.87. The van der Waals surface area contributed by atoms with E-state index >= 15 is 0 Å². The Balaban J connectivity index is 1.54. The second-order valence-corrected chi connectivity index (χ2v) is 6.07. The smallest absolute Gasteiger partial charge is 0.0119 e. The molecule has 92 valence electrons. The molecule has 2 heterocycles. The summed E-state index contributed by atoms with van der Waals surface area (Å²) < 4.78 is 0. The summed E-state index contributed by atoms with van der Waals surface area (Å²) in [4.78, 5) is 2.83. The van der Waals surface area contributed by atoms with Crippen LogP contribution in [0.1, 0.15) is 44.9 Å². The summed E-state index contributed by atoms with van der Waals surface area (Å²) in [5, 5.41) is 3.48. The second kappa shape index (κ2) is 5.05. The maximum Gasteiger partial charge on any atom is 0.0119 e. The Hall–Kier alpha value is -0.0800. The Bertz CT molecular complexity index is 219. The molecular formula is C14H26N2. The van der Waals surface area contributed by atoms with Crippen LogP contribution in [0.2, 0.25) is 0 Å². The lowest BCUT2D eigenvalue weighted by atomic mass is 9.72. The first-order valence-corrected chi connectivity index (χ1v) is 7.38. The van der Waals surface area contributed by atoms with Crippen LogP contribution in [0.15, 0.2) is 0 Å². The van der Waals surface area contributed by atoms with Gasteiger partial charge in [0, 0.05) is 12.6 Å². The predicted molar refractivity (Wildman–Crippen MR) is 67.5 cm³/mol. The van der Waals surface area contributed by atoms with Crippen molar-refractivity contribution in [2.75, 3.05) is 26.2 Å². The zero-order chi connectivity index (χ0) is 10.8. The number of nitrogens with one attached hydrogen (secondary N) is 1. The lowest BCUT2D eigenvalue weighted by Crippen LogP contribution is -2.49. The van der Waals surface area contributed by atoms with Crippen LogP contribution < -0.4 is 5.32 Å². The molecular weight excluding hydrogens is 196 g/mol. The van der Waals surface area contributed by atoms with E-state index in [9.17, 15) is 0 Å². The Morgan fingerprint density at radius 2 is 1.56 bits per heavy atom. The average Bonchev–Trinajstić information content (AvgIpc) is 2.28. The molecule has 0 radical (unpaired) electrons. The van der Waals surface area contributed by atoms with Crippen LogP contribution in [0, 0.1) is 11.8 Å². The minimum Gasteiger partial charge on any atom is -0.317 e. The van der Waals surface area contributed by atoms with Gasteiger partial charge in [0.25, 0.3) is 0 Å². The van der Waals surface area contributed by atoms with Gasteiger partial charge in [-0.2, -0.15) is 0 Å². The molecule has 0 aromatic carbocycles. The molecule has 0 aromatic rings. The minimum absolute atomic E-state index is 0.907. The van der Waals surface area contributed by atoms with Crippen LogP contribution in [0.3, 0.4) is 0 Å². The molecule has 1 saturated carbocycles. The quantitative estimate of drug-likeness (QED) is 0.771. The van der Waals surface area contributed by atoms with E-state index in [1.807, 2.05) is 0 Å².